The number of anilines is 1. The Bertz CT molecular complexity index is 597. The van der Waals surface area contributed by atoms with Crippen LogP contribution in [0.3, 0.4) is 0 Å². The highest BCUT2D eigenvalue weighted by atomic mass is 16.5. The Morgan fingerprint density at radius 3 is 2.75 bits per heavy atom. The van der Waals surface area contributed by atoms with Crippen LogP contribution in [0.25, 0.3) is 0 Å². The molecule has 0 saturated heterocycles. The van der Waals surface area contributed by atoms with E-state index in [2.05, 4.69) is 20.8 Å². The van der Waals surface area contributed by atoms with Crippen LogP contribution in [0.4, 0.5) is 5.69 Å². The van der Waals surface area contributed by atoms with E-state index in [9.17, 15) is 9.59 Å². The van der Waals surface area contributed by atoms with Crippen LogP contribution >= 0.6 is 0 Å². The van der Waals surface area contributed by atoms with Crippen molar-refractivity contribution >= 4 is 17.4 Å². The van der Waals surface area contributed by atoms with Crippen LogP contribution in [0.2, 0.25) is 0 Å². The number of benzene rings is 1. The van der Waals surface area contributed by atoms with Gasteiger partial charge in [-0.25, -0.2) is 0 Å². The molecule has 24 heavy (non-hydrogen) atoms. The summed E-state index contributed by atoms with van der Waals surface area (Å²) < 4.78 is 11.3. The first-order valence-electron chi connectivity index (χ1n) is 8.63. The van der Waals surface area contributed by atoms with Gasteiger partial charge in [-0.1, -0.05) is 20.8 Å². The van der Waals surface area contributed by atoms with Crippen molar-refractivity contribution in [3.05, 3.63) is 23.8 Å². The number of ketones is 1. The van der Waals surface area contributed by atoms with Crippen molar-refractivity contribution in [2.75, 3.05) is 24.6 Å². The first kappa shape index (κ1) is 18.3. The zero-order valence-electron chi connectivity index (χ0n) is 15.0. The van der Waals surface area contributed by atoms with E-state index < -0.39 is 0 Å². The summed E-state index contributed by atoms with van der Waals surface area (Å²) >= 11 is 0. The summed E-state index contributed by atoms with van der Waals surface area (Å²) in [6, 6.07) is 5.37. The van der Waals surface area contributed by atoms with Crippen LogP contribution in [-0.2, 0) is 9.53 Å². The van der Waals surface area contributed by atoms with E-state index in [0.29, 0.717) is 30.4 Å². The molecule has 1 unspecified atom stereocenters. The molecule has 1 heterocycles. The molecule has 0 radical (unpaired) electrons. The topological polar surface area (TPSA) is 55.8 Å². The molecule has 0 amide bonds. The number of Topliss-reactive ketones (excluding diaryl/α,β-unsaturated/α-hetero) is 1. The molecule has 2 rings (SSSR count). The molecule has 1 atom stereocenters. The average molecular weight is 333 g/mol. The second kappa shape index (κ2) is 8.18. The largest absolute Gasteiger partial charge is 0.486 e. The van der Waals surface area contributed by atoms with Crippen LogP contribution in [-0.4, -0.2) is 37.6 Å². The van der Waals surface area contributed by atoms with E-state index in [0.717, 1.165) is 18.5 Å². The number of esters is 1. The monoisotopic (exact) mass is 333 g/mol. The summed E-state index contributed by atoms with van der Waals surface area (Å²) in [6.07, 6.45) is 1.74. The summed E-state index contributed by atoms with van der Waals surface area (Å²) in [4.78, 5) is 25.7. The fourth-order valence-corrected chi connectivity index (χ4v) is 2.62. The maximum Gasteiger partial charge on any atom is 0.325 e. The predicted molar refractivity (Wildman–Crippen MR) is 93.8 cm³/mol. The van der Waals surface area contributed by atoms with Gasteiger partial charge >= 0.3 is 5.97 Å². The fourth-order valence-electron chi connectivity index (χ4n) is 2.62. The normalized spacial score (nSPS) is 16.5. The molecule has 5 heteroatoms. The summed E-state index contributed by atoms with van der Waals surface area (Å²) in [5.74, 6) is 0.971. The minimum atomic E-state index is -0.244. The average Bonchev–Trinajstić information content (AvgIpc) is 2.53. The van der Waals surface area contributed by atoms with Gasteiger partial charge in [0.15, 0.2) is 5.78 Å². The Kier molecular flexibility index (Phi) is 6.23. The molecule has 0 N–H and O–H groups in total. The molecule has 0 saturated carbocycles. The standard InChI is InChI=1S/C19H27NO4/c1-5-16-11-20(12-19(22)23-9-8-13(2)3)17-10-15(14(4)21)6-7-18(17)24-16/h6-7,10,13,16H,5,8-9,11-12H2,1-4H3. The second-order valence-electron chi connectivity index (χ2n) is 6.67. The molecule has 0 fully saturated rings. The van der Waals surface area contributed by atoms with Gasteiger partial charge in [-0.3, -0.25) is 9.59 Å². The molecule has 0 bridgehead atoms. The van der Waals surface area contributed by atoms with Crippen molar-refractivity contribution in [1.29, 1.82) is 0 Å². The van der Waals surface area contributed by atoms with Gasteiger partial charge in [0.05, 0.1) is 18.8 Å². The van der Waals surface area contributed by atoms with Crippen LogP contribution in [0, 0.1) is 5.92 Å². The highest BCUT2D eigenvalue weighted by Gasteiger charge is 2.27. The lowest BCUT2D eigenvalue weighted by molar-refractivity contribution is -0.142. The SMILES string of the molecule is CCC1CN(CC(=O)OCCC(C)C)c2cc(C(C)=O)ccc2O1. The number of nitrogens with zero attached hydrogens (tertiary/aromatic N) is 1. The van der Waals surface area contributed by atoms with Crippen molar-refractivity contribution in [3.8, 4) is 5.75 Å². The van der Waals surface area contributed by atoms with Gasteiger partial charge in [-0.2, -0.15) is 0 Å². The molecule has 1 aromatic carbocycles. The van der Waals surface area contributed by atoms with Crippen molar-refractivity contribution in [1.82, 2.24) is 0 Å². The van der Waals surface area contributed by atoms with Crippen LogP contribution in [0.1, 0.15) is 50.9 Å². The molecular weight excluding hydrogens is 306 g/mol. The molecule has 132 valence electrons. The summed E-state index contributed by atoms with van der Waals surface area (Å²) in [5.41, 5.74) is 1.40. The summed E-state index contributed by atoms with van der Waals surface area (Å²) in [6.45, 7) is 9.01. The molecule has 0 spiro atoms. The zero-order chi connectivity index (χ0) is 17.7. The second-order valence-corrected chi connectivity index (χ2v) is 6.67. The van der Waals surface area contributed by atoms with Crippen molar-refractivity contribution < 1.29 is 19.1 Å². The number of hydrogen-bond acceptors (Lipinski definition) is 5. The summed E-state index contributed by atoms with van der Waals surface area (Å²) in [5, 5.41) is 0. The van der Waals surface area contributed by atoms with Gasteiger partial charge < -0.3 is 14.4 Å². The van der Waals surface area contributed by atoms with Gasteiger partial charge in [0.2, 0.25) is 0 Å². The van der Waals surface area contributed by atoms with Gasteiger partial charge in [-0.05, 0) is 43.9 Å². The van der Waals surface area contributed by atoms with E-state index in [1.54, 1.807) is 12.1 Å². The van der Waals surface area contributed by atoms with Crippen molar-refractivity contribution in [2.45, 2.75) is 46.6 Å². The lowest BCUT2D eigenvalue weighted by atomic mass is 10.1. The fraction of sp³-hybridized carbons (Fsp3) is 0.579. The lowest BCUT2D eigenvalue weighted by Gasteiger charge is -2.35. The molecule has 1 aliphatic rings. The molecule has 0 aromatic heterocycles. The third-order valence-corrected chi connectivity index (χ3v) is 4.16. The Labute approximate surface area is 143 Å². The Morgan fingerprint density at radius 2 is 2.12 bits per heavy atom. The van der Waals surface area contributed by atoms with Gasteiger partial charge in [-0.15, -0.1) is 0 Å². The number of carbonyl (C=O) groups excluding carboxylic acids is 2. The van der Waals surface area contributed by atoms with Crippen LogP contribution < -0.4 is 9.64 Å². The first-order valence-corrected chi connectivity index (χ1v) is 8.63. The number of fused-ring (bicyclic) bond motifs is 1. The van der Waals surface area contributed by atoms with Crippen molar-refractivity contribution in [2.24, 2.45) is 5.92 Å². The Morgan fingerprint density at radius 1 is 1.38 bits per heavy atom. The highest BCUT2D eigenvalue weighted by molar-refractivity contribution is 5.95. The number of ether oxygens (including phenoxy) is 2. The van der Waals surface area contributed by atoms with Crippen LogP contribution in [0.5, 0.6) is 5.75 Å². The Hall–Kier alpha value is -2.04. The van der Waals surface area contributed by atoms with E-state index in [1.165, 1.54) is 6.92 Å². The van der Waals surface area contributed by atoms with E-state index in [4.69, 9.17) is 9.47 Å². The third kappa shape index (κ3) is 4.73. The van der Waals surface area contributed by atoms with Gasteiger partial charge in [0.25, 0.3) is 0 Å². The van der Waals surface area contributed by atoms with Crippen molar-refractivity contribution in [3.63, 3.8) is 0 Å². The number of carbonyl (C=O) groups is 2. The minimum absolute atomic E-state index is 0.00475. The molecule has 1 aromatic rings. The molecule has 5 nitrogen and oxygen atoms in total. The minimum Gasteiger partial charge on any atom is -0.486 e. The van der Waals surface area contributed by atoms with E-state index in [1.807, 2.05) is 11.0 Å². The predicted octanol–water partition coefficient (Wildman–Crippen LogP) is 3.46. The maximum atomic E-state index is 12.1. The number of rotatable bonds is 7. The number of hydrogen-bond donors (Lipinski definition) is 0. The van der Waals surface area contributed by atoms with Gasteiger partial charge in [0, 0.05) is 5.56 Å². The van der Waals surface area contributed by atoms with Crippen LogP contribution in [0.15, 0.2) is 18.2 Å². The lowest BCUT2D eigenvalue weighted by Crippen LogP contribution is -2.42. The third-order valence-electron chi connectivity index (χ3n) is 4.16. The van der Waals surface area contributed by atoms with E-state index in [-0.39, 0.29) is 24.4 Å². The first-order chi connectivity index (χ1) is 11.4. The molecule has 1 aliphatic heterocycles. The smallest absolute Gasteiger partial charge is 0.325 e. The highest BCUT2D eigenvalue weighted by Crippen LogP contribution is 2.35. The summed E-state index contributed by atoms with van der Waals surface area (Å²) in [7, 11) is 0. The van der Waals surface area contributed by atoms with E-state index >= 15 is 0 Å². The Balaban J connectivity index is 2.12. The quantitative estimate of drug-likeness (QED) is 0.565. The van der Waals surface area contributed by atoms with Gasteiger partial charge in [0.1, 0.15) is 18.4 Å². The maximum absolute atomic E-state index is 12.1. The zero-order valence-corrected chi connectivity index (χ0v) is 15.0. The molecular formula is C19H27NO4. The molecule has 0 aliphatic carbocycles.